The van der Waals surface area contributed by atoms with Gasteiger partial charge in [-0.2, -0.15) is 0 Å². The maximum Gasteiger partial charge on any atom is 0.252 e. The number of aliphatic hydroxyl groups is 1. The van der Waals surface area contributed by atoms with Gasteiger partial charge in [-0.15, -0.1) is 0 Å². The average Bonchev–Trinajstić information content (AvgIpc) is 3.05. The predicted octanol–water partition coefficient (Wildman–Crippen LogP) is 1.30. The van der Waals surface area contributed by atoms with Gasteiger partial charge < -0.3 is 20.1 Å². The van der Waals surface area contributed by atoms with Crippen LogP contribution in [0.25, 0.3) is 10.9 Å². The number of amides is 1. The maximum atomic E-state index is 12.5. The number of aromatic nitrogens is 1. The number of hydrogen-bond acceptors (Lipinski definition) is 5. The molecule has 0 aliphatic carbocycles. The Morgan fingerprint density at radius 1 is 1.25 bits per heavy atom. The van der Waals surface area contributed by atoms with Gasteiger partial charge in [-0.3, -0.25) is 4.79 Å². The van der Waals surface area contributed by atoms with Crippen LogP contribution in [0.2, 0.25) is 0 Å². The first-order valence-electron chi connectivity index (χ1n) is 8.43. The lowest BCUT2D eigenvalue weighted by Crippen LogP contribution is -2.29. The van der Waals surface area contributed by atoms with Crippen molar-refractivity contribution in [3.05, 3.63) is 59.8 Å². The van der Waals surface area contributed by atoms with Crippen LogP contribution in [0.4, 0.5) is 0 Å². The molecule has 0 aliphatic rings. The summed E-state index contributed by atoms with van der Waals surface area (Å²) in [5.41, 5.74) is 6.83. The lowest BCUT2D eigenvalue weighted by molar-refractivity contribution is 0.0997. The number of aryl methyl sites for hydroxylation is 1. The Morgan fingerprint density at radius 2 is 2.00 bits per heavy atom. The largest absolute Gasteiger partial charge is 0.496 e. The number of nitrogens with one attached hydrogen (secondary N) is 1. The summed E-state index contributed by atoms with van der Waals surface area (Å²) in [5, 5.41) is 11.3. The van der Waals surface area contributed by atoms with Gasteiger partial charge in [0, 0.05) is 25.3 Å². The van der Waals surface area contributed by atoms with Crippen molar-refractivity contribution in [2.75, 3.05) is 13.7 Å². The smallest absolute Gasteiger partial charge is 0.252 e. The summed E-state index contributed by atoms with van der Waals surface area (Å²) >= 11 is 0. The van der Waals surface area contributed by atoms with E-state index in [1.165, 1.54) is 19.2 Å². The van der Waals surface area contributed by atoms with Crippen molar-refractivity contribution in [1.82, 2.24) is 9.29 Å². The van der Waals surface area contributed by atoms with Gasteiger partial charge in [-0.05, 0) is 47.3 Å². The number of carbonyl (C=O) groups excluding carboxylic acids is 1. The Morgan fingerprint density at radius 3 is 2.68 bits per heavy atom. The van der Waals surface area contributed by atoms with Crippen molar-refractivity contribution < 1.29 is 23.1 Å². The SMILES string of the molecule is COc1ccc(S(=O)(=O)NCC(O)c2ccc3c(ccn3C)c2)cc1C(N)=O. The fourth-order valence-corrected chi connectivity index (χ4v) is 4.01. The van der Waals surface area contributed by atoms with Gasteiger partial charge in [0.05, 0.1) is 23.7 Å². The van der Waals surface area contributed by atoms with Gasteiger partial charge in [-0.1, -0.05) is 6.07 Å². The highest BCUT2D eigenvalue weighted by Gasteiger charge is 2.20. The summed E-state index contributed by atoms with van der Waals surface area (Å²) in [7, 11) is -0.686. The lowest BCUT2D eigenvalue weighted by Gasteiger charge is -2.14. The van der Waals surface area contributed by atoms with Crippen molar-refractivity contribution in [3.63, 3.8) is 0 Å². The number of sulfonamides is 1. The molecule has 0 saturated carbocycles. The third-order valence-corrected chi connectivity index (χ3v) is 5.93. The van der Waals surface area contributed by atoms with Gasteiger partial charge >= 0.3 is 0 Å². The monoisotopic (exact) mass is 403 g/mol. The summed E-state index contributed by atoms with van der Waals surface area (Å²) in [4.78, 5) is 11.4. The van der Waals surface area contributed by atoms with E-state index in [1.54, 1.807) is 6.07 Å². The fraction of sp³-hybridized carbons (Fsp3) is 0.211. The summed E-state index contributed by atoms with van der Waals surface area (Å²) in [6, 6.07) is 11.1. The number of methoxy groups -OCH3 is 1. The molecule has 0 spiro atoms. The lowest BCUT2D eigenvalue weighted by atomic mass is 10.1. The molecule has 8 nitrogen and oxygen atoms in total. The number of rotatable bonds is 7. The van der Waals surface area contributed by atoms with Gasteiger partial charge in [0.2, 0.25) is 10.0 Å². The molecule has 2 aromatic carbocycles. The van der Waals surface area contributed by atoms with E-state index < -0.39 is 22.0 Å². The predicted molar refractivity (Wildman–Crippen MR) is 105 cm³/mol. The van der Waals surface area contributed by atoms with Crippen LogP contribution in [0, 0.1) is 0 Å². The number of carbonyl (C=O) groups is 1. The minimum atomic E-state index is -3.96. The van der Waals surface area contributed by atoms with Crippen LogP contribution < -0.4 is 15.2 Å². The second-order valence-electron chi connectivity index (χ2n) is 6.34. The van der Waals surface area contributed by atoms with Crippen LogP contribution in [0.1, 0.15) is 22.0 Å². The molecule has 9 heteroatoms. The molecule has 1 unspecified atom stereocenters. The molecule has 28 heavy (non-hydrogen) atoms. The quantitative estimate of drug-likeness (QED) is 0.549. The third kappa shape index (κ3) is 3.86. The summed E-state index contributed by atoms with van der Waals surface area (Å²) in [6.07, 6.45) is 0.872. The molecule has 1 amide bonds. The first-order chi connectivity index (χ1) is 13.2. The number of aliphatic hydroxyl groups excluding tert-OH is 1. The first kappa shape index (κ1) is 19.9. The van der Waals surface area contributed by atoms with Crippen LogP contribution in [0.15, 0.2) is 53.6 Å². The summed E-state index contributed by atoms with van der Waals surface area (Å²) in [5.74, 6) is -0.618. The highest BCUT2D eigenvalue weighted by Crippen LogP contribution is 2.23. The Kier molecular flexibility index (Phi) is 5.41. The van der Waals surface area contributed by atoms with Crippen LogP contribution in [0.3, 0.4) is 0 Å². The third-order valence-electron chi connectivity index (χ3n) is 4.51. The Balaban J connectivity index is 1.78. The van der Waals surface area contributed by atoms with E-state index in [1.807, 2.05) is 36.0 Å². The molecule has 0 aliphatic heterocycles. The first-order valence-corrected chi connectivity index (χ1v) is 9.92. The fourth-order valence-electron chi connectivity index (χ4n) is 2.94. The molecule has 148 valence electrons. The number of fused-ring (bicyclic) bond motifs is 1. The van der Waals surface area contributed by atoms with Crippen molar-refractivity contribution >= 4 is 26.8 Å². The Hall–Kier alpha value is -2.88. The van der Waals surface area contributed by atoms with Crippen molar-refractivity contribution in [2.24, 2.45) is 12.8 Å². The number of nitrogens with zero attached hydrogens (tertiary/aromatic N) is 1. The van der Waals surface area contributed by atoms with Crippen LogP contribution in [-0.2, 0) is 17.1 Å². The number of hydrogen-bond donors (Lipinski definition) is 3. The standard InChI is InChI=1S/C19H21N3O5S/c1-22-8-7-12-9-13(3-5-16(12)22)17(23)11-21-28(25,26)14-4-6-18(27-2)15(10-14)19(20)24/h3-10,17,21,23H,11H2,1-2H3,(H2,20,24). The van der Waals surface area contributed by atoms with E-state index in [0.717, 1.165) is 17.0 Å². The molecule has 3 aromatic rings. The number of ether oxygens (including phenoxy) is 1. The van der Waals surface area contributed by atoms with E-state index in [9.17, 15) is 18.3 Å². The second-order valence-corrected chi connectivity index (χ2v) is 8.11. The molecule has 0 saturated heterocycles. The van der Waals surface area contributed by atoms with E-state index in [2.05, 4.69) is 4.72 Å². The maximum absolute atomic E-state index is 12.5. The molecular weight excluding hydrogens is 382 g/mol. The zero-order valence-corrected chi connectivity index (χ0v) is 16.2. The Bertz CT molecular complexity index is 1140. The average molecular weight is 403 g/mol. The highest BCUT2D eigenvalue weighted by atomic mass is 32.2. The molecule has 0 bridgehead atoms. The molecule has 0 radical (unpaired) electrons. The van der Waals surface area contributed by atoms with Crippen molar-refractivity contribution in [3.8, 4) is 5.75 Å². The topological polar surface area (TPSA) is 124 Å². The Labute approximate surface area is 162 Å². The zero-order valence-electron chi connectivity index (χ0n) is 15.4. The highest BCUT2D eigenvalue weighted by molar-refractivity contribution is 7.89. The van der Waals surface area contributed by atoms with E-state index in [0.29, 0.717) is 5.56 Å². The molecular formula is C19H21N3O5S. The van der Waals surface area contributed by atoms with Gasteiger partial charge in [0.1, 0.15) is 5.75 Å². The van der Waals surface area contributed by atoms with Crippen molar-refractivity contribution in [2.45, 2.75) is 11.0 Å². The van der Waals surface area contributed by atoms with Crippen LogP contribution in [0.5, 0.6) is 5.75 Å². The number of nitrogens with two attached hydrogens (primary N) is 1. The number of benzene rings is 2. The summed E-state index contributed by atoms with van der Waals surface area (Å²) < 4.78 is 34.4. The summed E-state index contributed by atoms with van der Waals surface area (Å²) in [6.45, 7) is -0.224. The van der Waals surface area contributed by atoms with Crippen molar-refractivity contribution in [1.29, 1.82) is 0 Å². The molecule has 1 heterocycles. The van der Waals surface area contributed by atoms with Gasteiger partial charge in [0.15, 0.2) is 0 Å². The number of primary amides is 1. The molecule has 1 atom stereocenters. The van der Waals surface area contributed by atoms with E-state index >= 15 is 0 Å². The minimum Gasteiger partial charge on any atom is -0.496 e. The van der Waals surface area contributed by atoms with E-state index in [4.69, 9.17) is 10.5 Å². The zero-order chi connectivity index (χ0) is 20.5. The van der Waals surface area contributed by atoms with Crippen LogP contribution in [-0.4, -0.2) is 37.7 Å². The normalized spacial score (nSPS) is 12.8. The molecule has 4 N–H and O–H groups in total. The molecule has 0 fully saturated rings. The van der Waals surface area contributed by atoms with E-state index in [-0.39, 0.29) is 22.8 Å². The second kappa shape index (κ2) is 7.63. The van der Waals surface area contributed by atoms with Crippen LogP contribution >= 0.6 is 0 Å². The molecule has 1 aromatic heterocycles. The van der Waals surface area contributed by atoms with Gasteiger partial charge in [0.25, 0.3) is 5.91 Å². The van der Waals surface area contributed by atoms with Gasteiger partial charge in [-0.25, -0.2) is 13.1 Å². The minimum absolute atomic E-state index is 0.0412. The molecule has 3 rings (SSSR count).